The van der Waals surface area contributed by atoms with Crippen molar-refractivity contribution in [2.75, 3.05) is 0 Å². The standard InChI is InChI=1S/C18H22/c1-3-5-7-9-11-17-13-15-18(16-14-17)12-10-8-6-4-2/h13-16H,3-6,11-12H2,1-2H3. The van der Waals surface area contributed by atoms with Gasteiger partial charge in [-0.25, -0.2) is 0 Å². The summed E-state index contributed by atoms with van der Waals surface area (Å²) in [7, 11) is 0. The fourth-order valence-corrected chi connectivity index (χ4v) is 1.53. The Bertz CT molecular complexity index is 398. The van der Waals surface area contributed by atoms with E-state index in [9.17, 15) is 0 Å². The van der Waals surface area contributed by atoms with Crippen molar-refractivity contribution >= 4 is 0 Å². The highest BCUT2D eigenvalue weighted by molar-refractivity contribution is 5.28. The van der Waals surface area contributed by atoms with Crippen LogP contribution >= 0.6 is 0 Å². The first-order valence-corrected chi connectivity index (χ1v) is 6.86. The zero-order valence-corrected chi connectivity index (χ0v) is 11.6. The SMILES string of the molecule is CCCC#CCc1ccc(CC#CCCC)cc1. The van der Waals surface area contributed by atoms with Crippen LogP contribution in [0.15, 0.2) is 24.3 Å². The fourth-order valence-electron chi connectivity index (χ4n) is 1.53. The molecule has 1 rings (SSSR count). The van der Waals surface area contributed by atoms with E-state index in [0.29, 0.717) is 0 Å². The number of rotatable bonds is 4. The molecule has 94 valence electrons. The molecule has 0 N–H and O–H groups in total. The minimum Gasteiger partial charge on any atom is -0.103 e. The summed E-state index contributed by atoms with van der Waals surface area (Å²) < 4.78 is 0. The van der Waals surface area contributed by atoms with Gasteiger partial charge < -0.3 is 0 Å². The fraction of sp³-hybridized carbons (Fsp3) is 0.444. The van der Waals surface area contributed by atoms with Crippen LogP contribution in [0, 0.1) is 23.7 Å². The third-order valence-corrected chi connectivity index (χ3v) is 2.61. The molecule has 0 saturated carbocycles. The average Bonchev–Trinajstić information content (AvgIpc) is 2.41. The van der Waals surface area contributed by atoms with Crippen LogP contribution in [0.5, 0.6) is 0 Å². The first-order valence-electron chi connectivity index (χ1n) is 6.86. The van der Waals surface area contributed by atoms with Crippen molar-refractivity contribution in [1.29, 1.82) is 0 Å². The molecule has 1 aromatic carbocycles. The van der Waals surface area contributed by atoms with Crippen LogP contribution in [-0.2, 0) is 12.8 Å². The first kappa shape index (κ1) is 14.4. The number of hydrogen-bond donors (Lipinski definition) is 0. The molecule has 0 amide bonds. The van der Waals surface area contributed by atoms with E-state index in [1.807, 2.05) is 0 Å². The van der Waals surface area contributed by atoms with Crippen LogP contribution in [0.3, 0.4) is 0 Å². The van der Waals surface area contributed by atoms with Gasteiger partial charge in [0, 0.05) is 25.7 Å². The molecule has 0 heteroatoms. The van der Waals surface area contributed by atoms with E-state index in [1.54, 1.807) is 0 Å². The van der Waals surface area contributed by atoms with Gasteiger partial charge in [0.15, 0.2) is 0 Å². The molecule has 0 saturated heterocycles. The van der Waals surface area contributed by atoms with Crippen molar-refractivity contribution < 1.29 is 0 Å². The lowest BCUT2D eigenvalue weighted by Gasteiger charge is -1.97. The highest BCUT2D eigenvalue weighted by atomic mass is 14.0. The molecule has 1 aromatic rings. The molecule has 0 heterocycles. The maximum atomic E-state index is 3.20. The van der Waals surface area contributed by atoms with Gasteiger partial charge in [-0.15, -0.1) is 11.8 Å². The van der Waals surface area contributed by atoms with Gasteiger partial charge in [-0.05, 0) is 24.0 Å². The van der Waals surface area contributed by atoms with Crippen LogP contribution in [0.4, 0.5) is 0 Å². The second-order valence-corrected chi connectivity index (χ2v) is 4.38. The third-order valence-electron chi connectivity index (χ3n) is 2.61. The molecular formula is C18H22. The van der Waals surface area contributed by atoms with E-state index in [4.69, 9.17) is 0 Å². The lowest BCUT2D eigenvalue weighted by atomic mass is 10.1. The van der Waals surface area contributed by atoms with Crippen molar-refractivity contribution in [2.24, 2.45) is 0 Å². The maximum absolute atomic E-state index is 3.20. The molecule has 0 bridgehead atoms. The van der Waals surface area contributed by atoms with Gasteiger partial charge in [-0.2, -0.15) is 0 Å². The summed E-state index contributed by atoms with van der Waals surface area (Å²) in [5.74, 6) is 12.8. The molecule has 0 aromatic heterocycles. The molecular weight excluding hydrogens is 216 g/mol. The summed E-state index contributed by atoms with van der Waals surface area (Å²) >= 11 is 0. The highest BCUT2D eigenvalue weighted by Gasteiger charge is 1.91. The van der Waals surface area contributed by atoms with Crippen molar-refractivity contribution in [3.8, 4) is 23.7 Å². The Morgan fingerprint density at radius 1 is 0.667 bits per heavy atom. The summed E-state index contributed by atoms with van der Waals surface area (Å²) in [6.45, 7) is 4.31. The number of unbranched alkanes of at least 4 members (excludes halogenated alkanes) is 2. The largest absolute Gasteiger partial charge is 0.103 e. The Hall–Kier alpha value is -1.66. The third kappa shape index (κ3) is 6.17. The van der Waals surface area contributed by atoms with Crippen molar-refractivity contribution in [3.05, 3.63) is 35.4 Å². The summed E-state index contributed by atoms with van der Waals surface area (Å²) in [5, 5.41) is 0. The van der Waals surface area contributed by atoms with Crippen molar-refractivity contribution in [1.82, 2.24) is 0 Å². The van der Waals surface area contributed by atoms with Gasteiger partial charge in [0.25, 0.3) is 0 Å². The monoisotopic (exact) mass is 238 g/mol. The summed E-state index contributed by atoms with van der Waals surface area (Å²) in [6.07, 6.45) is 6.02. The van der Waals surface area contributed by atoms with E-state index in [1.165, 1.54) is 11.1 Å². The van der Waals surface area contributed by atoms with Crippen LogP contribution in [0.25, 0.3) is 0 Å². The molecule has 0 fully saturated rings. The number of benzene rings is 1. The number of hydrogen-bond acceptors (Lipinski definition) is 0. The Morgan fingerprint density at radius 3 is 1.39 bits per heavy atom. The van der Waals surface area contributed by atoms with Crippen molar-refractivity contribution in [3.63, 3.8) is 0 Å². The van der Waals surface area contributed by atoms with Gasteiger partial charge in [-0.1, -0.05) is 50.0 Å². The quantitative estimate of drug-likeness (QED) is 0.683. The molecule has 0 atom stereocenters. The summed E-state index contributed by atoms with van der Waals surface area (Å²) in [5.41, 5.74) is 2.59. The summed E-state index contributed by atoms with van der Waals surface area (Å²) in [6, 6.07) is 8.66. The van der Waals surface area contributed by atoms with Crippen LogP contribution < -0.4 is 0 Å². The van der Waals surface area contributed by atoms with Crippen LogP contribution in [-0.4, -0.2) is 0 Å². The zero-order chi connectivity index (χ0) is 13.1. The molecule has 0 aliphatic carbocycles. The van der Waals surface area contributed by atoms with Crippen molar-refractivity contribution in [2.45, 2.75) is 52.4 Å². The summed E-state index contributed by atoms with van der Waals surface area (Å²) in [4.78, 5) is 0. The minimum absolute atomic E-state index is 0.863. The van der Waals surface area contributed by atoms with Crippen LogP contribution in [0.1, 0.15) is 50.7 Å². The first-order chi connectivity index (χ1) is 8.86. The Kier molecular flexibility index (Phi) is 7.50. The van der Waals surface area contributed by atoms with Crippen LogP contribution in [0.2, 0.25) is 0 Å². The lowest BCUT2D eigenvalue weighted by molar-refractivity contribution is 0.981. The second-order valence-electron chi connectivity index (χ2n) is 4.38. The molecule has 0 spiro atoms. The van der Waals surface area contributed by atoms with Gasteiger partial charge >= 0.3 is 0 Å². The van der Waals surface area contributed by atoms with E-state index < -0.39 is 0 Å². The Balaban J connectivity index is 2.44. The van der Waals surface area contributed by atoms with E-state index in [-0.39, 0.29) is 0 Å². The molecule has 0 aliphatic heterocycles. The molecule has 0 radical (unpaired) electrons. The normalized spacial score (nSPS) is 9.00. The lowest BCUT2D eigenvalue weighted by Crippen LogP contribution is -1.85. The maximum Gasteiger partial charge on any atom is 0.0340 e. The Labute approximate surface area is 112 Å². The smallest absolute Gasteiger partial charge is 0.0340 e. The molecule has 0 nitrogen and oxygen atoms in total. The predicted molar refractivity (Wildman–Crippen MR) is 79.2 cm³/mol. The second kappa shape index (κ2) is 9.38. The minimum atomic E-state index is 0.863. The molecule has 18 heavy (non-hydrogen) atoms. The average molecular weight is 238 g/mol. The molecule has 0 unspecified atom stereocenters. The Morgan fingerprint density at radius 2 is 1.06 bits per heavy atom. The van der Waals surface area contributed by atoms with E-state index in [2.05, 4.69) is 61.8 Å². The zero-order valence-electron chi connectivity index (χ0n) is 11.6. The van der Waals surface area contributed by atoms with Gasteiger partial charge in [0.05, 0.1) is 0 Å². The van der Waals surface area contributed by atoms with Gasteiger partial charge in [0.2, 0.25) is 0 Å². The predicted octanol–water partition coefficient (Wildman–Crippen LogP) is 4.38. The van der Waals surface area contributed by atoms with E-state index in [0.717, 1.165) is 38.5 Å². The highest BCUT2D eigenvalue weighted by Crippen LogP contribution is 2.05. The van der Waals surface area contributed by atoms with Gasteiger partial charge in [-0.3, -0.25) is 0 Å². The van der Waals surface area contributed by atoms with Gasteiger partial charge in [0.1, 0.15) is 0 Å². The topological polar surface area (TPSA) is 0 Å². The molecule has 0 aliphatic rings. The van der Waals surface area contributed by atoms with E-state index >= 15 is 0 Å².